The molecule has 1 unspecified atom stereocenters. The van der Waals surface area contributed by atoms with Gasteiger partial charge in [0.15, 0.2) is 0 Å². The zero-order valence-corrected chi connectivity index (χ0v) is 8.00. The molecule has 0 saturated carbocycles. The molecular weight excluding hydrogens is 188 g/mol. The third kappa shape index (κ3) is 1.77. The first-order chi connectivity index (χ1) is 6.57. The maximum absolute atomic E-state index is 12.9. The second-order valence-electron chi connectivity index (χ2n) is 3.74. The minimum absolute atomic E-state index is 0.00981. The highest BCUT2D eigenvalue weighted by molar-refractivity contribution is 5.11. The van der Waals surface area contributed by atoms with Crippen molar-refractivity contribution in [2.75, 3.05) is 13.1 Å². The Morgan fingerprint density at radius 1 is 1.64 bits per heavy atom. The zero-order chi connectivity index (χ0) is 10.2. The summed E-state index contributed by atoms with van der Waals surface area (Å²) in [5, 5.41) is 7.13. The molecule has 14 heavy (non-hydrogen) atoms. The zero-order valence-electron chi connectivity index (χ0n) is 8.00. The standard InChI is InChI=1S/C9H13F2N3/c1-9(10,11)7-4-13-14(6-7)8-2-3-12-5-8/h4,6,8,12H,2-3,5H2,1H3. The number of hydrogen-bond donors (Lipinski definition) is 1. The largest absolute Gasteiger partial charge is 0.315 e. The number of hydrogen-bond acceptors (Lipinski definition) is 2. The molecule has 2 rings (SSSR count). The molecular formula is C9H13F2N3. The predicted molar refractivity (Wildman–Crippen MR) is 48.3 cm³/mol. The van der Waals surface area contributed by atoms with Crippen LogP contribution in [0.2, 0.25) is 0 Å². The van der Waals surface area contributed by atoms with Gasteiger partial charge in [-0.25, -0.2) is 8.78 Å². The number of aromatic nitrogens is 2. The van der Waals surface area contributed by atoms with Crippen LogP contribution in [0.15, 0.2) is 12.4 Å². The maximum atomic E-state index is 12.9. The molecule has 0 amide bonds. The van der Waals surface area contributed by atoms with E-state index in [9.17, 15) is 8.78 Å². The first kappa shape index (κ1) is 9.58. The molecule has 1 aliphatic heterocycles. The van der Waals surface area contributed by atoms with E-state index in [2.05, 4.69) is 10.4 Å². The summed E-state index contributed by atoms with van der Waals surface area (Å²) in [5.74, 6) is -2.79. The van der Waals surface area contributed by atoms with Crippen LogP contribution in [0.1, 0.15) is 24.9 Å². The van der Waals surface area contributed by atoms with E-state index in [0.717, 1.165) is 26.4 Å². The molecule has 5 heteroatoms. The second kappa shape index (κ2) is 3.31. The maximum Gasteiger partial charge on any atom is 0.273 e. The third-order valence-corrected chi connectivity index (χ3v) is 2.52. The molecule has 78 valence electrons. The van der Waals surface area contributed by atoms with Crippen LogP contribution in [-0.2, 0) is 5.92 Å². The van der Waals surface area contributed by atoms with Gasteiger partial charge in [-0.3, -0.25) is 4.68 Å². The van der Waals surface area contributed by atoms with Gasteiger partial charge in [0, 0.05) is 19.7 Å². The van der Waals surface area contributed by atoms with Crippen molar-refractivity contribution < 1.29 is 8.78 Å². The van der Waals surface area contributed by atoms with Gasteiger partial charge < -0.3 is 5.32 Å². The molecule has 2 heterocycles. The van der Waals surface area contributed by atoms with Crippen LogP contribution in [0.25, 0.3) is 0 Å². The van der Waals surface area contributed by atoms with Gasteiger partial charge in [0.05, 0.1) is 17.8 Å². The summed E-state index contributed by atoms with van der Waals surface area (Å²) in [6.45, 7) is 2.64. The Labute approximate surface area is 81.1 Å². The number of nitrogens with zero attached hydrogens (tertiary/aromatic N) is 2. The van der Waals surface area contributed by atoms with E-state index in [1.165, 1.54) is 12.4 Å². The van der Waals surface area contributed by atoms with Crippen LogP contribution in [0.4, 0.5) is 8.78 Å². The van der Waals surface area contributed by atoms with Crippen molar-refractivity contribution in [3.8, 4) is 0 Å². The van der Waals surface area contributed by atoms with Crippen LogP contribution < -0.4 is 5.32 Å². The van der Waals surface area contributed by atoms with Crippen molar-refractivity contribution in [1.29, 1.82) is 0 Å². The lowest BCUT2D eigenvalue weighted by atomic mass is 10.2. The fraction of sp³-hybridized carbons (Fsp3) is 0.667. The summed E-state index contributed by atoms with van der Waals surface area (Å²) in [7, 11) is 0. The predicted octanol–water partition coefficient (Wildman–Crippen LogP) is 1.53. The minimum Gasteiger partial charge on any atom is -0.315 e. The molecule has 1 atom stereocenters. The highest BCUT2D eigenvalue weighted by atomic mass is 19.3. The Hall–Kier alpha value is -0.970. The van der Waals surface area contributed by atoms with Crippen LogP contribution >= 0.6 is 0 Å². The molecule has 0 bridgehead atoms. The highest BCUT2D eigenvalue weighted by Crippen LogP contribution is 2.27. The van der Waals surface area contributed by atoms with Crippen LogP contribution in [0.5, 0.6) is 0 Å². The van der Waals surface area contributed by atoms with E-state index in [1.807, 2.05) is 0 Å². The second-order valence-corrected chi connectivity index (χ2v) is 3.74. The van der Waals surface area contributed by atoms with Gasteiger partial charge in [-0.15, -0.1) is 0 Å². The molecule has 1 N–H and O–H groups in total. The number of alkyl halides is 2. The number of nitrogens with one attached hydrogen (secondary N) is 1. The van der Waals surface area contributed by atoms with E-state index >= 15 is 0 Å². The fourth-order valence-corrected chi connectivity index (χ4v) is 1.63. The Morgan fingerprint density at radius 3 is 2.93 bits per heavy atom. The average molecular weight is 201 g/mol. The van der Waals surface area contributed by atoms with Gasteiger partial charge in [0.25, 0.3) is 5.92 Å². The molecule has 3 nitrogen and oxygen atoms in total. The lowest BCUT2D eigenvalue weighted by Gasteiger charge is -2.09. The third-order valence-electron chi connectivity index (χ3n) is 2.52. The van der Waals surface area contributed by atoms with Gasteiger partial charge >= 0.3 is 0 Å². The Balaban J connectivity index is 2.17. The van der Waals surface area contributed by atoms with Gasteiger partial charge in [0.1, 0.15) is 0 Å². The van der Waals surface area contributed by atoms with Gasteiger partial charge in [0.2, 0.25) is 0 Å². The smallest absolute Gasteiger partial charge is 0.273 e. The molecule has 1 fully saturated rings. The highest BCUT2D eigenvalue weighted by Gasteiger charge is 2.27. The van der Waals surface area contributed by atoms with E-state index in [4.69, 9.17) is 0 Å². The van der Waals surface area contributed by atoms with Crippen LogP contribution in [0, 0.1) is 0 Å². The van der Waals surface area contributed by atoms with Crippen molar-refractivity contribution in [2.24, 2.45) is 0 Å². The molecule has 0 aromatic carbocycles. The lowest BCUT2D eigenvalue weighted by molar-refractivity contribution is 0.0173. The van der Waals surface area contributed by atoms with Gasteiger partial charge in [-0.1, -0.05) is 0 Å². The summed E-state index contributed by atoms with van der Waals surface area (Å²) >= 11 is 0. The van der Waals surface area contributed by atoms with Crippen molar-refractivity contribution in [1.82, 2.24) is 15.1 Å². The summed E-state index contributed by atoms with van der Waals surface area (Å²) in [5.41, 5.74) is -0.00981. The molecule has 1 aromatic heterocycles. The SMILES string of the molecule is CC(F)(F)c1cnn(C2CCNC2)c1. The minimum atomic E-state index is -2.79. The average Bonchev–Trinajstić information content (AvgIpc) is 2.73. The first-order valence-corrected chi connectivity index (χ1v) is 4.70. The summed E-state index contributed by atoms with van der Waals surface area (Å²) in [4.78, 5) is 0. The van der Waals surface area contributed by atoms with Gasteiger partial charge in [-0.05, 0) is 13.0 Å². The lowest BCUT2D eigenvalue weighted by Crippen LogP contribution is -2.14. The molecule has 1 aliphatic rings. The van der Waals surface area contributed by atoms with Crippen molar-refractivity contribution >= 4 is 0 Å². The Bertz CT molecular complexity index is 310. The fourth-order valence-electron chi connectivity index (χ4n) is 1.63. The Kier molecular flexibility index (Phi) is 2.26. The molecule has 0 aliphatic carbocycles. The van der Waals surface area contributed by atoms with Crippen LogP contribution in [-0.4, -0.2) is 22.9 Å². The summed E-state index contributed by atoms with van der Waals surface area (Å²) in [6, 6.07) is 0.228. The van der Waals surface area contributed by atoms with Crippen molar-refractivity contribution in [3.63, 3.8) is 0 Å². The summed E-state index contributed by atoms with van der Waals surface area (Å²) in [6.07, 6.45) is 3.65. The van der Waals surface area contributed by atoms with Crippen LogP contribution in [0.3, 0.4) is 0 Å². The number of rotatable bonds is 2. The molecule has 0 spiro atoms. The monoisotopic (exact) mass is 201 g/mol. The van der Waals surface area contributed by atoms with E-state index in [1.54, 1.807) is 4.68 Å². The Morgan fingerprint density at radius 2 is 2.43 bits per heavy atom. The quantitative estimate of drug-likeness (QED) is 0.786. The van der Waals surface area contributed by atoms with Crippen molar-refractivity contribution in [3.05, 3.63) is 18.0 Å². The number of halogens is 2. The van der Waals surface area contributed by atoms with Crippen molar-refractivity contribution in [2.45, 2.75) is 25.3 Å². The topological polar surface area (TPSA) is 29.9 Å². The summed E-state index contributed by atoms with van der Waals surface area (Å²) < 4.78 is 27.4. The first-order valence-electron chi connectivity index (χ1n) is 4.70. The van der Waals surface area contributed by atoms with E-state index in [-0.39, 0.29) is 11.6 Å². The normalized spacial score (nSPS) is 22.9. The molecule has 1 saturated heterocycles. The molecule has 0 radical (unpaired) electrons. The van der Waals surface area contributed by atoms with Gasteiger partial charge in [-0.2, -0.15) is 5.10 Å². The van der Waals surface area contributed by atoms with E-state index in [0.29, 0.717) is 0 Å². The molecule has 1 aromatic rings. The van der Waals surface area contributed by atoms with E-state index < -0.39 is 5.92 Å².